The largest absolute Gasteiger partial charge is 0.379 e. The summed E-state index contributed by atoms with van der Waals surface area (Å²) in [5.41, 5.74) is 0. The Labute approximate surface area is 99.7 Å². The summed E-state index contributed by atoms with van der Waals surface area (Å²) in [5, 5.41) is 6.37. The minimum atomic E-state index is 0.714. The van der Waals surface area contributed by atoms with Crippen LogP contribution in [0, 0.1) is 0 Å². The van der Waals surface area contributed by atoms with Crippen LogP contribution in [0.2, 0.25) is 0 Å². The number of likely N-dealkylation sites (N-methyl/N-ethyl adjacent to an activating group) is 2. The van der Waals surface area contributed by atoms with Crippen LogP contribution in [0.25, 0.3) is 0 Å². The van der Waals surface area contributed by atoms with Crippen LogP contribution in [0.4, 0.5) is 0 Å². The Kier molecular flexibility index (Phi) is 7.76. The quantitative estimate of drug-likeness (QED) is 0.587. The molecule has 2 N–H and O–H groups in total. The topological polar surface area (TPSA) is 36.5 Å². The third-order valence-electron chi connectivity index (χ3n) is 3.21. The van der Waals surface area contributed by atoms with E-state index >= 15 is 0 Å². The minimum Gasteiger partial charge on any atom is -0.379 e. The lowest BCUT2D eigenvalue weighted by atomic mass is 10.0. The van der Waals surface area contributed by atoms with Crippen LogP contribution < -0.4 is 10.6 Å². The molecule has 1 rings (SSSR count). The summed E-state index contributed by atoms with van der Waals surface area (Å²) in [5.74, 6) is 0. The molecule has 0 saturated carbocycles. The first-order chi connectivity index (χ1) is 7.88. The fourth-order valence-corrected chi connectivity index (χ4v) is 2.28. The van der Waals surface area contributed by atoms with E-state index < -0.39 is 0 Å². The highest BCUT2D eigenvalue weighted by Gasteiger charge is 2.20. The smallest absolute Gasteiger partial charge is 0.0594 e. The van der Waals surface area contributed by atoms with Gasteiger partial charge in [0.25, 0.3) is 0 Å². The summed E-state index contributed by atoms with van der Waals surface area (Å²) in [6, 6.07) is 0.714. The van der Waals surface area contributed by atoms with Gasteiger partial charge >= 0.3 is 0 Å². The molecule has 1 aliphatic rings. The average molecular weight is 229 g/mol. The van der Waals surface area contributed by atoms with Crippen molar-refractivity contribution >= 4 is 0 Å². The van der Waals surface area contributed by atoms with Crippen LogP contribution >= 0.6 is 0 Å². The van der Waals surface area contributed by atoms with E-state index in [9.17, 15) is 0 Å². The first kappa shape index (κ1) is 13.9. The monoisotopic (exact) mass is 229 g/mol. The first-order valence-electron chi connectivity index (χ1n) is 6.49. The van der Waals surface area contributed by atoms with Gasteiger partial charge in [-0.15, -0.1) is 0 Å². The summed E-state index contributed by atoms with van der Waals surface area (Å²) >= 11 is 0. The molecule has 0 aliphatic carbocycles. The summed E-state index contributed by atoms with van der Waals surface area (Å²) in [6.45, 7) is 6.05. The number of likely N-dealkylation sites (tertiary alicyclic amines) is 1. The Bertz CT molecular complexity index is 164. The van der Waals surface area contributed by atoms with E-state index in [2.05, 4.69) is 15.5 Å². The number of nitrogens with one attached hydrogen (secondary N) is 2. The number of nitrogens with zero attached hydrogens (tertiary/aromatic N) is 1. The molecule has 0 spiro atoms. The highest BCUT2D eigenvalue weighted by Crippen LogP contribution is 2.15. The SMILES string of the molecule is CNCCOCCN1CCCCC1CNC. The molecule has 1 atom stereocenters. The van der Waals surface area contributed by atoms with E-state index in [1.54, 1.807) is 0 Å². The number of hydrogen-bond donors (Lipinski definition) is 2. The van der Waals surface area contributed by atoms with Crippen LogP contribution in [0.5, 0.6) is 0 Å². The van der Waals surface area contributed by atoms with Gasteiger partial charge in [-0.25, -0.2) is 0 Å². The molecular formula is C12H27N3O. The normalized spacial score (nSPS) is 22.5. The van der Waals surface area contributed by atoms with E-state index in [1.165, 1.54) is 25.8 Å². The molecule has 1 heterocycles. The maximum absolute atomic E-state index is 5.58. The highest BCUT2D eigenvalue weighted by atomic mass is 16.5. The molecule has 96 valence electrons. The van der Waals surface area contributed by atoms with E-state index in [1.807, 2.05) is 14.1 Å². The van der Waals surface area contributed by atoms with Gasteiger partial charge in [-0.05, 0) is 33.5 Å². The van der Waals surface area contributed by atoms with Crippen molar-refractivity contribution in [3.8, 4) is 0 Å². The lowest BCUT2D eigenvalue weighted by Crippen LogP contribution is -2.46. The summed E-state index contributed by atoms with van der Waals surface area (Å²) < 4.78 is 5.58. The van der Waals surface area contributed by atoms with Gasteiger partial charge in [-0.2, -0.15) is 0 Å². The molecular weight excluding hydrogens is 202 g/mol. The fourth-order valence-electron chi connectivity index (χ4n) is 2.28. The van der Waals surface area contributed by atoms with Gasteiger partial charge in [0.15, 0.2) is 0 Å². The molecule has 4 nitrogen and oxygen atoms in total. The van der Waals surface area contributed by atoms with Crippen molar-refractivity contribution in [1.82, 2.24) is 15.5 Å². The fraction of sp³-hybridized carbons (Fsp3) is 1.00. The summed E-state index contributed by atoms with van der Waals surface area (Å²) in [7, 11) is 3.99. The second-order valence-electron chi connectivity index (χ2n) is 4.46. The standard InChI is InChI=1S/C12H27N3O/c1-13-6-9-16-10-8-15-7-4-3-5-12(15)11-14-2/h12-14H,3-11H2,1-2H3. The minimum absolute atomic E-state index is 0.714. The van der Waals surface area contributed by atoms with Gasteiger partial charge in [0, 0.05) is 25.7 Å². The Morgan fingerprint density at radius 1 is 1.19 bits per heavy atom. The number of ether oxygens (including phenoxy) is 1. The molecule has 0 aromatic rings. The Hall–Kier alpha value is -0.160. The molecule has 16 heavy (non-hydrogen) atoms. The first-order valence-corrected chi connectivity index (χ1v) is 6.49. The molecule has 0 amide bonds. The van der Waals surface area contributed by atoms with Gasteiger partial charge in [0.2, 0.25) is 0 Å². The van der Waals surface area contributed by atoms with Crippen molar-refractivity contribution in [1.29, 1.82) is 0 Å². The molecule has 4 heteroatoms. The number of piperidine rings is 1. The molecule has 0 bridgehead atoms. The molecule has 1 saturated heterocycles. The maximum Gasteiger partial charge on any atom is 0.0594 e. The second-order valence-corrected chi connectivity index (χ2v) is 4.46. The molecule has 1 fully saturated rings. The van der Waals surface area contributed by atoms with Crippen LogP contribution in [-0.2, 0) is 4.74 Å². The van der Waals surface area contributed by atoms with E-state index in [0.29, 0.717) is 6.04 Å². The van der Waals surface area contributed by atoms with Gasteiger partial charge in [-0.3, -0.25) is 4.90 Å². The molecule has 0 aromatic heterocycles. The number of rotatable bonds is 8. The average Bonchev–Trinajstić information content (AvgIpc) is 2.31. The van der Waals surface area contributed by atoms with E-state index in [-0.39, 0.29) is 0 Å². The molecule has 0 radical (unpaired) electrons. The molecule has 0 aromatic carbocycles. The van der Waals surface area contributed by atoms with E-state index in [0.717, 1.165) is 32.8 Å². The maximum atomic E-state index is 5.58. The van der Waals surface area contributed by atoms with Crippen molar-refractivity contribution in [2.75, 3.05) is 53.5 Å². The highest BCUT2D eigenvalue weighted by molar-refractivity contribution is 4.78. The van der Waals surface area contributed by atoms with Gasteiger partial charge < -0.3 is 15.4 Å². The third kappa shape index (κ3) is 5.25. The Morgan fingerprint density at radius 2 is 2.06 bits per heavy atom. The summed E-state index contributed by atoms with van der Waals surface area (Å²) in [6.07, 6.45) is 4.05. The van der Waals surface area contributed by atoms with Crippen molar-refractivity contribution in [3.63, 3.8) is 0 Å². The molecule has 1 unspecified atom stereocenters. The van der Waals surface area contributed by atoms with Crippen molar-refractivity contribution in [2.45, 2.75) is 25.3 Å². The Balaban J connectivity index is 2.11. The number of hydrogen-bond acceptors (Lipinski definition) is 4. The summed E-state index contributed by atoms with van der Waals surface area (Å²) in [4.78, 5) is 2.57. The van der Waals surface area contributed by atoms with Crippen LogP contribution in [0.1, 0.15) is 19.3 Å². The zero-order chi connectivity index (χ0) is 11.6. The lowest BCUT2D eigenvalue weighted by Gasteiger charge is -2.35. The van der Waals surface area contributed by atoms with E-state index in [4.69, 9.17) is 4.74 Å². The zero-order valence-electron chi connectivity index (χ0n) is 10.8. The predicted molar refractivity (Wildman–Crippen MR) is 67.9 cm³/mol. The van der Waals surface area contributed by atoms with Gasteiger partial charge in [-0.1, -0.05) is 6.42 Å². The van der Waals surface area contributed by atoms with Crippen molar-refractivity contribution < 1.29 is 4.74 Å². The van der Waals surface area contributed by atoms with Crippen molar-refractivity contribution in [3.05, 3.63) is 0 Å². The van der Waals surface area contributed by atoms with Gasteiger partial charge in [0.1, 0.15) is 0 Å². The third-order valence-corrected chi connectivity index (χ3v) is 3.21. The van der Waals surface area contributed by atoms with Crippen LogP contribution in [0.3, 0.4) is 0 Å². The predicted octanol–water partition coefficient (Wildman–Crippen LogP) is 0.296. The Morgan fingerprint density at radius 3 is 2.81 bits per heavy atom. The van der Waals surface area contributed by atoms with Crippen LogP contribution in [-0.4, -0.2) is 64.4 Å². The lowest BCUT2D eigenvalue weighted by molar-refractivity contribution is 0.0736. The zero-order valence-corrected chi connectivity index (χ0v) is 10.8. The van der Waals surface area contributed by atoms with Crippen molar-refractivity contribution in [2.24, 2.45) is 0 Å². The molecule has 1 aliphatic heterocycles. The second kappa shape index (κ2) is 8.93. The van der Waals surface area contributed by atoms with Gasteiger partial charge in [0.05, 0.1) is 13.2 Å². The van der Waals surface area contributed by atoms with Crippen LogP contribution in [0.15, 0.2) is 0 Å².